The molecule has 0 aromatic heterocycles. The zero-order chi connectivity index (χ0) is 10.8. The Morgan fingerprint density at radius 2 is 1.93 bits per heavy atom. The first-order chi connectivity index (χ1) is 6.49. The molecule has 0 bridgehead atoms. The molecule has 1 rings (SSSR count). The van der Waals surface area contributed by atoms with E-state index in [0.29, 0.717) is 5.92 Å². The van der Waals surface area contributed by atoms with Gasteiger partial charge in [0.15, 0.2) is 0 Å². The molecule has 0 radical (unpaired) electrons. The second-order valence-corrected chi connectivity index (χ2v) is 5.38. The van der Waals surface area contributed by atoms with Gasteiger partial charge in [-0.3, -0.25) is 5.32 Å². The Bertz CT molecular complexity index is 213. The predicted molar refractivity (Wildman–Crippen MR) is 58.7 cm³/mol. The molecule has 0 aliphatic heterocycles. The molecule has 0 atom stereocenters. The number of nitriles is 1. The Morgan fingerprint density at radius 1 is 1.36 bits per heavy atom. The highest BCUT2D eigenvalue weighted by atomic mass is 15.0. The summed E-state index contributed by atoms with van der Waals surface area (Å²) in [5, 5.41) is 12.5. The summed E-state index contributed by atoms with van der Waals surface area (Å²) in [5.41, 5.74) is -0.195. The first-order valence-corrected chi connectivity index (χ1v) is 5.65. The minimum absolute atomic E-state index is 0.195. The third-order valence-corrected chi connectivity index (χ3v) is 3.23. The molecule has 0 spiro atoms. The van der Waals surface area contributed by atoms with Crippen molar-refractivity contribution in [2.24, 2.45) is 17.8 Å². The van der Waals surface area contributed by atoms with Gasteiger partial charge in [0.2, 0.25) is 0 Å². The van der Waals surface area contributed by atoms with Crippen LogP contribution in [0.1, 0.15) is 40.5 Å². The summed E-state index contributed by atoms with van der Waals surface area (Å²) < 4.78 is 0. The normalized spacial score (nSPS) is 31.6. The van der Waals surface area contributed by atoms with Gasteiger partial charge in [-0.1, -0.05) is 27.7 Å². The molecular weight excluding hydrogens is 172 g/mol. The Labute approximate surface area is 87.7 Å². The molecule has 1 fully saturated rings. The van der Waals surface area contributed by atoms with Crippen molar-refractivity contribution < 1.29 is 0 Å². The van der Waals surface area contributed by atoms with Crippen molar-refractivity contribution in [3.8, 4) is 6.07 Å². The summed E-state index contributed by atoms with van der Waals surface area (Å²) in [6.07, 6.45) is 2.07. The second kappa shape index (κ2) is 4.31. The smallest absolute Gasteiger partial charge is 0.107 e. The zero-order valence-electron chi connectivity index (χ0n) is 9.80. The number of nitrogens with zero attached hydrogens (tertiary/aromatic N) is 1. The summed E-state index contributed by atoms with van der Waals surface area (Å²) >= 11 is 0. The van der Waals surface area contributed by atoms with Gasteiger partial charge < -0.3 is 0 Å². The van der Waals surface area contributed by atoms with E-state index in [1.165, 1.54) is 0 Å². The van der Waals surface area contributed by atoms with Crippen LogP contribution in [-0.4, -0.2) is 12.1 Å². The van der Waals surface area contributed by atoms with Gasteiger partial charge in [0, 0.05) is 0 Å². The summed E-state index contributed by atoms with van der Waals surface area (Å²) in [6, 6.07) is 2.44. The van der Waals surface area contributed by atoms with Crippen LogP contribution in [-0.2, 0) is 0 Å². The average Bonchev–Trinajstić information content (AvgIpc) is 2.02. The Hall–Kier alpha value is -0.550. The fourth-order valence-electron chi connectivity index (χ4n) is 1.98. The van der Waals surface area contributed by atoms with Gasteiger partial charge in [-0.15, -0.1) is 0 Å². The molecule has 0 aromatic rings. The highest BCUT2D eigenvalue weighted by Gasteiger charge is 2.45. The van der Waals surface area contributed by atoms with E-state index in [1.54, 1.807) is 0 Å². The van der Waals surface area contributed by atoms with Gasteiger partial charge >= 0.3 is 0 Å². The van der Waals surface area contributed by atoms with Crippen molar-refractivity contribution in [1.29, 1.82) is 5.26 Å². The quantitative estimate of drug-likeness (QED) is 0.746. The van der Waals surface area contributed by atoms with Gasteiger partial charge in [-0.25, -0.2) is 0 Å². The van der Waals surface area contributed by atoms with Crippen LogP contribution in [0.2, 0.25) is 0 Å². The van der Waals surface area contributed by atoms with E-state index in [0.717, 1.165) is 31.2 Å². The highest BCUT2D eigenvalue weighted by Crippen LogP contribution is 2.41. The van der Waals surface area contributed by atoms with Crippen LogP contribution in [0.25, 0.3) is 0 Å². The fraction of sp³-hybridized carbons (Fsp3) is 0.917. The van der Waals surface area contributed by atoms with Crippen LogP contribution in [0.4, 0.5) is 0 Å². The zero-order valence-corrected chi connectivity index (χ0v) is 9.80. The van der Waals surface area contributed by atoms with Gasteiger partial charge in [0.25, 0.3) is 0 Å². The minimum atomic E-state index is -0.195. The maximum atomic E-state index is 9.14. The molecular formula is C12H22N2. The fourth-order valence-corrected chi connectivity index (χ4v) is 1.98. The van der Waals surface area contributed by atoms with Crippen molar-refractivity contribution in [2.45, 2.75) is 46.1 Å². The van der Waals surface area contributed by atoms with Gasteiger partial charge in [0.1, 0.15) is 5.54 Å². The summed E-state index contributed by atoms with van der Waals surface area (Å²) in [4.78, 5) is 0. The second-order valence-electron chi connectivity index (χ2n) is 5.38. The number of hydrogen-bond donors (Lipinski definition) is 1. The molecule has 1 aliphatic carbocycles. The maximum Gasteiger partial charge on any atom is 0.107 e. The van der Waals surface area contributed by atoms with Gasteiger partial charge in [0.05, 0.1) is 6.07 Å². The van der Waals surface area contributed by atoms with Crippen molar-refractivity contribution in [1.82, 2.24) is 5.32 Å². The molecule has 1 N–H and O–H groups in total. The van der Waals surface area contributed by atoms with Crippen LogP contribution in [0, 0.1) is 29.1 Å². The van der Waals surface area contributed by atoms with Crippen molar-refractivity contribution in [3.05, 3.63) is 0 Å². The average molecular weight is 194 g/mol. The van der Waals surface area contributed by atoms with Crippen molar-refractivity contribution >= 4 is 0 Å². The van der Waals surface area contributed by atoms with Crippen molar-refractivity contribution in [2.75, 3.05) is 6.54 Å². The standard InChI is InChI=1S/C12H22N2/c1-9(2)7-14-12(8-13)5-11(6-12)10(3)4/h9-11,14H,5-7H2,1-4H3. The van der Waals surface area contributed by atoms with Gasteiger partial charge in [-0.05, 0) is 37.1 Å². The molecule has 0 unspecified atom stereocenters. The first kappa shape index (κ1) is 11.5. The molecule has 2 nitrogen and oxygen atoms in total. The number of nitrogens with one attached hydrogen (secondary N) is 1. The topological polar surface area (TPSA) is 35.8 Å². The SMILES string of the molecule is CC(C)CNC1(C#N)CC(C(C)C)C1. The molecule has 80 valence electrons. The van der Waals surface area contributed by atoms with Crippen LogP contribution in [0.3, 0.4) is 0 Å². The Balaban J connectivity index is 2.38. The largest absolute Gasteiger partial charge is 0.299 e. The molecule has 1 aliphatic rings. The lowest BCUT2D eigenvalue weighted by atomic mass is 9.64. The van der Waals surface area contributed by atoms with E-state index < -0.39 is 0 Å². The van der Waals surface area contributed by atoms with Crippen molar-refractivity contribution in [3.63, 3.8) is 0 Å². The number of hydrogen-bond acceptors (Lipinski definition) is 2. The van der Waals surface area contributed by atoms with E-state index >= 15 is 0 Å². The van der Waals surface area contributed by atoms with Crippen LogP contribution < -0.4 is 5.32 Å². The maximum absolute atomic E-state index is 9.14. The Morgan fingerprint density at radius 3 is 2.29 bits per heavy atom. The molecule has 0 aromatic carbocycles. The lowest BCUT2D eigenvalue weighted by Gasteiger charge is -2.45. The first-order valence-electron chi connectivity index (χ1n) is 5.65. The lowest BCUT2D eigenvalue weighted by Crippen LogP contribution is -2.56. The monoisotopic (exact) mass is 194 g/mol. The molecule has 0 amide bonds. The Kier molecular flexibility index (Phi) is 3.55. The van der Waals surface area contributed by atoms with Crippen LogP contribution in [0.5, 0.6) is 0 Å². The molecule has 1 saturated carbocycles. The van der Waals surface area contributed by atoms with E-state index in [1.807, 2.05) is 0 Å². The highest BCUT2D eigenvalue weighted by molar-refractivity contribution is 5.15. The summed E-state index contributed by atoms with van der Waals surface area (Å²) in [7, 11) is 0. The molecule has 0 heterocycles. The van der Waals surface area contributed by atoms with E-state index in [4.69, 9.17) is 5.26 Å². The molecule has 2 heteroatoms. The van der Waals surface area contributed by atoms with E-state index in [-0.39, 0.29) is 5.54 Å². The lowest BCUT2D eigenvalue weighted by molar-refractivity contribution is 0.113. The third-order valence-electron chi connectivity index (χ3n) is 3.23. The molecule has 14 heavy (non-hydrogen) atoms. The van der Waals surface area contributed by atoms with Gasteiger partial charge in [-0.2, -0.15) is 5.26 Å². The summed E-state index contributed by atoms with van der Waals surface area (Å²) in [6.45, 7) is 9.80. The third kappa shape index (κ3) is 2.48. The summed E-state index contributed by atoms with van der Waals surface area (Å²) in [5.74, 6) is 2.09. The van der Waals surface area contributed by atoms with Crippen LogP contribution in [0.15, 0.2) is 0 Å². The van der Waals surface area contributed by atoms with E-state index in [2.05, 4.69) is 39.1 Å². The van der Waals surface area contributed by atoms with E-state index in [9.17, 15) is 0 Å². The molecule has 0 saturated heterocycles. The minimum Gasteiger partial charge on any atom is -0.299 e. The van der Waals surface area contributed by atoms with Crippen LogP contribution >= 0.6 is 0 Å². The predicted octanol–water partition coefficient (Wildman–Crippen LogP) is 2.56. The number of rotatable bonds is 4.